The Kier molecular flexibility index (Phi) is 5.22. The summed E-state index contributed by atoms with van der Waals surface area (Å²) in [4.78, 5) is 2.49. The van der Waals surface area contributed by atoms with Crippen LogP contribution in [0.2, 0.25) is 0 Å². The molecule has 0 aromatic rings. The van der Waals surface area contributed by atoms with Gasteiger partial charge in [-0.2, -0.15) is 0 Å². The van der Waals surface area contributed by atoms with E-state index in [9.17, 15) is 8.42 Å². The third-order valence-electron chi connectivity index (χ3n) is 4.30. The van der Waals surface area contributed by atoms with Gasteiger partial charge >= 0.3 is 0 Å². The van der Waals surface area contributed by atoms with Crippen molar-refractivity contribution < 1.29 is 13.2 Å². The first kappa shape index (κ1) is 15.2. The van der Waals surface area contributed by atoms with Gasteiger partial charge in [-0.05, 0) is 38.1 Å². The van der Waals surface area contributed by atoms with Gasteiger partial charge < -0.3 is 4.74 Å². The number of nitrogens with zero attached hydrogens (tertiary/aromatic N) is 2. The number of rotatable bonds is 5. The standard InChI is InChI=1S/C13H26N2O3S/c1-18-11-13-6-4-7-14(13)9-12-5-3-8-15(10-12)19(2,16)17/h12-13H,3-11H2,1-2H3/t12-,13-/m1/s1. The van der Waals surface area contributed by atoms with E-state index in [1.807, 2.05) is 0 Å². The lowest BCUT2D eigenvalue weighted by atomic mass is 9.99. The van der Waals surface area contributed by atoms with Crippen LogP contribution in [0.15, 0.2) is 0 Å². The second-order valence-corrected chi connectivity index (χ2v) is 7.86. The molecule has 0 aromatic heterocycles. The van der Waals surface area contributed by atoms with Gasteiger partial charge in [-0.3, -0.25) is 4.90 Å². The monoisotopic (exact) mass is 290 g/mol. The van der Waals surface area contributed by atoms with Crippen molar-refractivity contribution in [1.29, 1.82) is 0 Å². The van der Waals surface area contributed by atoms with Gasteiger partial charge in [-0.25, -0.2) is 12.7 Å². The Bertz CT molecular complexity index is 385. The first-order valence-electron chi connectivity index (χ1n) is 7.19. The van der Waals surface area contributed by atoms with Crippen LogP contribution in [0.1, 0.15) is 25.7 Å². The average molecular weight is 290 g/mol. The van der Waals surface area contributed by atoms with Crippen LogP contribution in [0.5, 0.6) is 0 Å². The largest absolute Gasteiger partial charge is 0.383 e. The van der Waals surface area contributed by atoms with Gasteiger partial charge in [-0.1, -0.05) is 0 Å². The van der Waals surface area contributed by atoms with Gasteiger partial charge in [0.1, 0.15) is 0 Å². The molecule has 0 saturated carbocycles. The van der Waals surface area contributed by atoms with Crippen LogP contribution in [-0.2, 0) is 14.8 Å². The molecular formula is C13H26N2O3S. The topological polar surface area (TPSA) is 49.9 Å². The van der Waals surface area contributed by atoms with Crippen LogP contribution in [0, 0.1) is 5.92 Å². The van der Waals surface area contributed by atoms with Crippen molar-refractivity contribution in [3.05, 3.63) is 0 Å². The van der Waals surface area contributed by atoms with E-state index in [2.05, 4.69) is 4.90 Å². The summed E-state index contributed by atoms with van der Waals surface area (Å²) in [6.07, 6.45) is 5.88. The summed E-state index contributed by atoms with van der Waals surface area (Å²) in [7, 11) is -1.27. The second kappa shape index (κ2) is 6.52. The normalized spacial score (nSPS) is 30.8. The molecule has 0 unspecified atom stereocenters. The predicted molar refractivity (Wildman–Crippen MR) is 75.6 cm³/mol. The highest BCUT2D eigenvalue weighted by molar-refractivity contribution is 7.88. The molecule has 0 radical (unpaired) electrons. The number of ether oxygens (including phenoxy) is 1. The molecule has 5 nitrogen and oxygen atoms in total. The molecule has 0 spiro atoms. The van der Waals surface area contributed by atoms with Crippen LogP contribution in [0.3, 0.4) is 0 Å². The zero-order valence-corrected chi connectivity index (χ0v) is 12.9. The van der Waals surface area contributed by atoms with Crippen molar-refractivity contribution in [2.45, 2.75) is 31.7 Å². The maximum Gasteiger partial charge on any atom is 0.211 e. The molecule has 0 bridgehead atoms. The number of likely N-dealkylation sites (tertiary alicyclic amines) is 1. The first-order chi connectivity index (χ1) is 9.00. The summed E-state index contributed by atoms with van der Waals surface area (Å²) in [6.45, 7) is 4.32. The van der Waals surface area contributed by atoms with Crippen LogP contribution >= 0.6 is 0 Å². The van der Waals surface area contributed by atoms with Crippen molar-refractivity contribution in [2.75, 3.05) is 46.2 Å². The molecule has 6 heteroatoms. The predicted octanol–water partition coefficient (Wildman–Crippen LogP) is 0.769. The maximum absolute atomic E-state index is 11.6. The lowest BCUT2D eigenvalue weighted by molar-refractivity contribution is 0.0962. The number of hydrogen-bond donors (Lipinski definition) is 0. The minimum absolute atomic E-state index is 0.473. The van der Waals surface area contributed by atoms with E-state index in [1.54, 1.807) is 11.4 Å². The van der Waals surface area contributed by atoms with Gasteiger partial charge in [0, 0.05) is 32.8 Å². The van der Waals surface area contributed by atoms with Crippen LogP contribution in [0.4, 0.5) is 0 Å². The molecule has 2 aliphatic rings. The summed E-state index contributed by atoms with van der Waals surface area (Å²) >= 11 is 0. The van der Waals surface area contributed by atoms with E-state index < -0.39 is 10.0 Å². The number of sulfonamides is 1. The lowest BCUT2D eigenvalue weighted by Gasteiger charge is -2.35. The molecule has 0 aliphatic carbocycles. The summed E-state index contributed by atoms with van der Waals surface area (Å²) in [5.74, 6) is 0.473. The Morgan fingerprint density at radius 3 is 2.63 bits per heavy atom. The Balaban J connectivity index is 1.88. The minimum atomic E-state index is -3.03. The molecule has 2 atom stereocenters. The van der Waals surface area contributed by atoms with E-state index >= 15 is 0 Å². The molecule has 2 aliphatic heterocycles. The summed E-state index contributed by atoms with van der Waals surface area (Å²) in [6, 6.07) is 0.526. The van der Waals surface area contributed by atoms with Crippen molar-refractivity contribution >= 4 is 10.0 Å². The zero-order valence-electron chi connectivity index (χ0n) is 12.0. The van der Waals surface area contributed by atoms with E-state index in [0.29, 0.717) is 25.0 Å². The first-order valence-corrected chi connectivity index (χ1v) is 9.03. The highest BCUT2D eigenvalue weighted by Crippen LogP contribution is 2.24. The fourth-order valence-corrected chi connectivity index (χ4v) is 4.27. The molecular weight excluding hydrogens is 264 g/mol. The fraction of sp³-hybridized carbons (Fsp3) is 1.00. The number of piperidine rings is 1. The van der Waals surface area contributed by atoms with E-state index in [0.717, 1.165) is 32.5 Å². The Morgan fingerprint density at radius 2 is 1.95 bits per heavy atom. The van der Waals surface area contributed by atoms with Gasteiger partial charge in [0.05, 0.1) is 12.9 Å². The lowest BCUT2D eigenvalue weighted by Crippen LogP contribution is -2.45. The molecule has 2 fully saturated rings. The molecule has 2 rings (SSSR count). The number of hydrogen-bond acceptors (Lipinski definition) is 4. The van der Waals surface area contributed by atoms with E-state index in [-0.39, 0.29) is 0 Å². The van der Waals surface area contributed by atoms with E-state index in [4.69, 9.17) is 4.74 Å². The minimum Gasteiger partial charge on any atom is -0.383 e. The SMILES string of the molecule is COC[C@H]1CCCN1C[C@H]1CCCN(S(C)(=O)=O)C1. The van der Waals surface area contributed by atoms with Gasteiger partial charge in [0.15, 0.2) is 0 Å². The molecule has 0 amide bonds. The van der Waals surface area contributed by atoms with E-state index in [1.165, 1.54) is 19.1 Å². The van der Waals surface area contributed by atoms with Crippen molar-refractivity contribution in [3.8, 4) is 0 Å². The summed E-state index contributed by atoms with van der Waals surface area (Å²) < 4.78 is 30.2. The third kappa shape index (κ3) is 4.15. The smallest absolute Gasteiger partial charge is 0.211 e. The zero-order chi connectivity index (χ0) is 13.9. The summed E-state index contributed by atoms with van der Waals surface area (Å²) in [5.41, 5.74) is 0. The maximum atomic E-state index is 11.6. The summed E-state index contributed by atoms with van der Waals surface area (Å²) in [5, 5.41) is 0. The van der Waals surface area contributed by atoms with Crippen LogP contribution in [0.25, 0.3) is 0 Å². The van der Waals surface area contributed by atoms with Crippen LogP contribution < -0.4 is 0 Å². The Morgan fingerprint density at radius 1 is 1.21 bits per heavy atom. The molecule has 2 heterocycles. The Hall–Kier alpha value is -0.170. The molecule has 19 heavy (non-hydrogen) atoms. The highest BCUT2D eigenvalue weighted by atomic mass is 32.2. The average Bonchev–Trinajstić information content (AvgIpc) is 2.77. The van der Waals surface area contributed by atoms with Gasteiger partial charge in [0.2, 0.25) is 10.0 Å². The fourth-order valence-electron chi connectivity index (χ4n) is 3.33. The molecule has 0 N–H and O–H groups in total. The second-order valence-electron chi connectivity index (χ2n) is 5.88. The van der Waals surface area contributed by atoms with Crippen molar-refractivity contribution in [1.82, 2.24) is 9.21 Å². The van der Waals surface area contributed by atoms with Crippen LogP contribution in [-0.4, -0.2) is 69.8 Å². The number of methoxy groups -OCH3 is 1. The molecule has 0 aromatic carbocycles. The van der Waals surface area contributed by atoms with Gasteiger partial charge in [0.25, 0.3) is 0 Å². The molecule has 112 valence electrons. The molecule has 2 saturated heterocycles. The highest BCUT2D eigenvalue weighted by Gasteiger charge is 2.30. The van der Waals surface area contributed by atoms with Crippen molar-refractivity contribution in [2.24, 2.45) is 5.92 Å². The van der Waals surface area contributed by atoms with Crippen molar-refractivity contribution in [3.63, 3.8) is 0 Å². The quantitative estimate of drug-likeness (QED) is 0.750. The Labute approximate surface area is 117 Å². The third-order valence-corrected chi connectivity index (χ3v) is 5.57. The van der Waals surface area contributed by atoms with Gasteiger partial charge in [-0.15, -0.1) is 0 Å².